The number of hydrogen-bond donors (Lipinski definition) is 1. The molecule has 0 saturated carbocycles. The van der Waals surface area contributed by atoms with Crippen molar-refractivity contribution in [2.75, 3.05) is 18.6 Å². The van der Waals surface area contributed by atoms with Crippen LogP contribution in [0.25, 0.3) is 0 Å². The van der Waals surface area contributed by atoms with Crippen LogP contribution in [0.2, 0.25) is 0 Å². The summed E-state index contributed by atoms with van der Waals surface area (Å²) in [5.41, 5.74) is 5.63. The van der Waals surface area contributed by atoms with Crippen LogP contribution in [0.15, 0.2) is 16.6 Å². The summed E-state index contributed by atoms with van der Waals surface area (Å²) in [4.78, 5) is 24.4. The Kier molecular flexibility index (Phi) is 3.75. The molecule has 1 atom stereocenters. The zero-order valence-electron chi connectivity index (χ0n) is 10.2. The molecule has 102 valence electrons. The van der Waals surface area contributed by atoms with Crippen LogP contribution in [0, 0.1) is 11.7 Å². The molecule has 2 amide bonds. The van der Waals surface area contributed by atoms with Crippen molar-refractivity contribution >= 4 is 33.4 Å². The van der Waals surface area contributed by atoms with Gasteiger partial charge in [0.2, 0.25) is 11.8 Å². The molecule has 0 aromatic heterocycles. The topological polar surface area (TPSA) is 72.6 Å². The first kappa shape index (κ1) is 13.8. The van der Waals surface area contributed by atoms with E-state index in [0.717, 1.165) is 0 Å². The molecule has 0 radical (unpaired) electrons. The molecule has 0 spiro atoms. The van der Waals surface area contributed by atoms with Gasteiger partial charge in [-0.25, -0.2) is 4.39 Å². The standard InChI is InChI=1S/C12H12BrFN2O3/c1-19-10-4-8(14)7(13)3-9(10)16-5-6(12(15)18)2-11(16)17/h3-4,6H,2,5H2,1H3,(H2,15,18). The number of amides is 2. The molecule has 1 unspecified atom stereocenters. The first-order chi connectivity index (χ1) is 8.93. The summed E-state index contributed by atoms with van der Waals surface area (Å²) < 4.78 is 18.7. The van der Waals surface area contributed by atoms with Gasteiger partial charge >= 0.3 is 0 Å². The van der Waals surface area contributed by atoms with Gasteiger partial charge in [-0.3, -0.25) is 9.59 Å². The van der Waals surface area contributed by atoms with E-state index in [1.807, 2.05) is 0 Å². The Labute approximate surface area is 117 Å². The summed E-state index contributed by atoms with van der Waals surface area (Å²) in [5, 5.41) is 0. The van der Waals surface area contributed by atoms with E-state index >= 15 is 0 Å². The Bertz CT molecular complexity index is 550. The maximum atomic E-state index is 13.4. The van der Waals surface area contributed by atoms with Gasteiger partial charge in [0.1, 0.15) is 11.6 Å². The highest BCUT2D eigenvalue weighted by Gasteiger charge is 2.35. The van der Waals surface area contributed by atoms with Gasteiger partial charge in [-0.2, -0.15) is 0 Å². The van der Waals surface area contributed by atoms with Gasteiger partial charge in [-0.1, -0.05) is 0 Å². The molecule has 1 saturated heterocycles. The average Bonchev–Trinajstić information content (AvgIpc) is 2.74. The molecule has 2 rings (SSSR count). The first-order valence-electron chi connectivity index (χ1n) is 5.56. The summed E-state index contributed by atoms with van der Waals surface area (Å²) in [6, 6.07) is 2.64. The summed E-state index contributed by atoms with van der Waals surface area (Å²) in [7, 11) is 1.39. The molecule has 1 aromatic carbocycles. The van der Waals surface area contributed by atoms with Crippen molar-refractivity contribution in [2.45, 2.75) is 6.42 Å². The number of rotatable bonds is 3. The van der Waals surface area contributed by atoms with Crippen LogP contribution < -0.4 is 15.4 Å². The summed E-state index contributed by atoms with van der Waals surface area (Å²) in [5.74, 6) is -1.53. The minimum Gasteiger partial charge on any atom is -0.494 e. The van der Waals surface area contributed by atoms with Crippen molar-refractivity contribution in [3.8, 4) is 5.75 Å². The molecule has 0 aliphatic carbocycles. The molecule has 5 nitrogen and oxygen atoms in total. The molecule has 1 aliphatic rings. The molecular formula is C12H12BrFN2O3. The van der Waals surface area contributed by atoms with Crippen LogP contribution in [-0.2, 0) is 9.59 Å². The number of carbonyl (C=O) groups excluding carboxylic acids is 2. The average molecular weight is 331 g/mol. The zero-order valence-corrected chi connectivity index (χ0v) is 11.7. The van der Waals surface area contributed by atoms with E-state index < -0.39 is 17.6 Å². The van der Waals surface area contributed by atoms with Crippen LogP contribution in [0.5, 0.6) is 5.75 Å². The number of carbonyl (C=O) groups is 2. The second-order valence-electron chi connectivity index (χ2n) is 4.25. The van der Waals surface area contributed by atoms with Gasteiger partial charge in [0.15, 0.2) is 0 Å². The van der Waals surface area contributed by atoms with Crippen LogP contribution in [0.1, 0.15) is 6.42 Å². The van der Waals surface area contributed by atoms with Gasteiger partial charge in [-0.15, -0.1) is 0 Å². The van der Waals surface area contributed by atoms with Crippen LogP contribution in [-0.4, -0.2) is 25.5 Å². The Hall–Kier alpha value is -1.63. The molecule has 1 fully saturated rings. The number of ether oxygens (including phenoxy) is 1. The minimum absolute atomic E-state index is 0.0630. The Morgan fingerprint density at radius 1 is 1.58 bits per heavy atom. The van der Waals surface area contributed by atoms with Gasteiger partial charge in [-0.05, 0) is 22.0 Å². The fraction of sp³-hybridized carbons (Fsp3) is 0.333. The normalized spacial score (nSPS) is 18.8. The lowest BCUT2D eigenvalue weighted by atomic mass is 10.1. The van der Waals surface area contributed by atoms with Gasteiger partial charge in [0.05, 0.1) is 23.2 Å². The maximum Gasteiger partial charge on any atom is 0.227 e. The maximum absolute atomic E-state index is 13.4. The predicted octanol–water partition coefficient (Wildman–Crippen LogP) is 1.44. The monoisotopic (exact) mass is 330 g/mol. The van der Waals surface area contributed by atoms with E-state index in [4.69, 9.17) is 10.5 Å². The van der Waals surface area contributed by atoms with E-state index in [1.165, 1.54) is 24.1 Å². The smallest absolute Gasteiger partial charge is 0.227 e. The number of nitrogens with zero attached hydrogens (tertiary/aromatic N) is 1. The van der Waals surface area contributed by atoms with E-state index in [1.54, 1.807) is 0 Å². The second kappa shape index (κ2) is 5.16. The highest BCUT2D eigenvalue weighted by atomic mass is 79.9. The van der Waals surface area contributed by atoms with E-state index in [9.17, 15) is 14.0 Å². The highest BCUT2D eigenvalue weighted by molar-refractivity contribution is 9.10. The number of methoxy groups -OCH3 is 1. The van der Waals surface area contributed by atoms with E-state index in [2.05, 4.69) is 15.9 Å². The second-order valence-corrected chi connectivity index (χ2v) is 5.10. The van der Waals surface area contributed by atoms with Crippen molar-refractivity contribution < 1.29 is 18.7 Å². The van der Waals surface area contributed by atoms with Crippen LogP contribution in [0.4, 0.5) is 10.1 Å². The van der Waals surface area contributed by atoms with Gasteiger partial charge in [0, 0.05) is 19.0 Å². The number of hydrogen-bond acceptors (Lipinski definition) is 3. The summed E-state index contributed by atoms with van der Waals surface area (Å²) in [6.45, 7) is 0.183. The largest absolute Gasteiger partial charge is 0.494 e. The fourth-order valence-corrected chi connectivity index (χ4v) is 2.35. The van der Waals surface area contributed by atoms with Crippen molar-refractivity contribution in [3.05, 3.63) is 22.4 Å². The molecular weight excluding hydrogens is 319 g/mol. The predicted molar refractivity (Wildman–Crippen MR) is 70.3 cm³/mol. The summed E-state index contributed by atoms with van der Waals surface area (Å²) >= 11 is 3.06. The molecule has 1 aromatic rings. The Balaban J connectivity index is 2.39. The number of nitrogens with two attached hydrogens (primary N) is 1. The van der Waals surface area contributed by atoms with Crippen molar-refractivity contribution in [3.63, 3.8) is 0 Å². The summed E-state index contributed by atoms with van der Waals surface area (Å²) in [6.07, 6.45) is 0.0630. The molecule has 19 heavy (non-hydrogen) atoms. The third-order valence-corrected chi connectivity index (χ3v) is 3.65. The number of halogens is 2. The van der Waals surface area contributed by atoms with Gasteiger partial charge in [0.25, 0.3) is 0 Å². The quantitative estimate of drug-likeness (QED) is 0.911. The molecule has 0 bridgehead atoms. The lowest BCUT2D eigenvalue weighted by molar-refractivity contribution is -0.123. The van der Waals surface area contributed by atoms with E-state index in [-0.39, 0.29) is 29.1 Å². The Morgan fingerprint density at radius 2 is 2.26 bits per heavy atom. The molecule has 7 heteroatoms. The third kappa shape index (κ3) is 2.56. The highest BCUT2D eigenvalue weighted by Crippen LogP contribution is 2.36. The number of primary amides is 1. The fourth-order valence-electron chi connectivity index (χ4n) is 2.02. The van der Waals surface area contributed by atoms with E-state index in [0.29, 0.717) is 5.69 Å². The van der Waals surface area contributed by atoms with Crippen molar-refractivity contribution in [2.24, 2.45) is 11.7 Å². The number of benzene rings is 1. The van der Waals surface area contributed by atoms with Crippen molar-refractivity contribution in [1.29, 1.82) is 0 Å². The van der Waals surface area contributed by atoms with Gasteiger partial charge < -0.3 is 15.4 Å². The molecule has 1 aliphatic heterocycles. The van der Waals surface area contributed by atoms with Crippen LogP contribution in [0.3, 0.4) is 0 Å². The lowest BCUT2D eigenvalue weighted by Crippen LogP contribution is -2.28. The zero-order chi connectivity index (χ0) is 14.2. The van der Waals surface area contributed by atoms with Crippen molar-refractivity contribution in [1.82, 2.24) is 0 Å². The van der Waals surface area contributed by atoms with Crippen LogP contribution >= 0.6 is 15.9 Å². The SMILES string of the molecule is COc1cc(F)c(Br)cc1N1CC(C(N)=O)CC1=O. The first-order valence-corrected chi connectivity index (χ1v) is 6.36. The third-order valence-electron chi connectivity index (χ3n) is 3.04. The minimum atomic E-state index is -0.527. The Morgan fingerprint density at radius 3 is 2.79 bits per heavy atom. The molecule has 1 heterocycles. The molecule has 2 N–H and O–H groups in total. The number of anilines is 1. The lowest BCUT2D eigenvalue weighted by Gasteiger charge is -2.19.